The lowest BCUT2D eigenvalue weighted by Crippen LogP contribution is -2.42. The van der Waals surface area contributed by atoms with Crippen LogP contribution < -0.4 is 0 Å². The Morgan fingerprint density at radius 1 is 1.07 bits per heavy atom. The lowest BCUT2D eigenvalue weighted by atomic mass is 9.83. The molecule has 2 atom stereocenters. The summed E-state index contributed by atoms with van der Waals surface area (Å²) in [5.74, 6) is 1.99. The topological polar surface area (TPSA) is 6.48 Å². The predicted octanol–water partition coefficient (Wildman–Crippen LogP) is 1.67. The number of piperidine rings is 1. The van der Waals surface area contributed by atoms with Crippen molar-refractivity contribution in [1.29, 1.82) is 0 Å². The molecule has 2 rings (SSSR count). The summed E-state index contributed by atoms with van der Waals surface area (Å²) in [7, 11) is 2.28. The minimum absolute atomic E-state index is 0.955. The second-order valence-corrected chi connectivity index (χ2v) is 5.11. The summed E-state index contributed by atoms with van der Waals surface area (Å²) in [4.78, 5) is 5.16. The van der Waals surface area contributed by atoms with Gasteiger partial charge < -0.3 is 9.80 Å². The molecule has 0 bridgehead atoms. The molecule has 0 radical (unpaired) electrons. The zero-order chi connectivity index (χ0) is 9.97. The SMILES string of the molecule is CCN1CCCC2CCN(C)CC2C1. The molecular weight excluding hydrogens is 172 g/mol. The first-order chi connectivity index (χ1) is 6.79. The van der Waals surface area contributed by atoms with Crippen LogP contribution in [0.3, 0.4) is 0 Å². The van der Waals surface area contributed by atoms with Crippen LogP contribution in [-0.4, -0.2) is 49.6 Å². The van der Waals surface area contributed by atoms with E-state index in [1.54, 1.807) is 0 Å². The third-order valence-electron chi connectivity index (χ3n) is 4.08. The Morgan fingerprint density at radius 2 is 1.93 bits per heavy atom. The molecule has 2 fully saturated rings. The average molecular weight is 196 g/mol. The Labute approximate surface area is 88.3 Å². The van der Waals surface area contributed by atoms with Gasteiger partial charge in [-0.25, -0.2) is 0 Å². The highest BCUT2D eigenvalue weighted by molar-refractivity contribution is 4.83. The molecule has 2 heterocycles. The average Bonchev–Trinajstić information content (AvgIpc) is 2.38. The van der Waals surface area contributed by atoms with E-state index < -0.39 is 0 Å². The van der Waals surface area contributed by atoms with Gasteiger partial charge in [-0.1, -0.05) is 6.92 Å². The van der Waals surface area contributed by atoms with Gasteiger partial charge in [-0.05, 0) is 57.8 Å². The number of hydrogen-bond acceptors (Lipinski definition) is 2. The quantitative estimate of drug-likeness (QED) is 0.629. The largest absolute Gasteiger partial charge is 0.306 e. The summed E-state index contributed by atoms with van der Waals surface area (Å²) >= 11 is 0. The van der Waals surface area contributed by atoms with E-state index >= 15 is 0 Å². The van der Waals surface area contributed by atoms with E-state index in [0.29, 0.717) is 0 Å². The zero-order valence-corrected chi connectivity index (χ0v) is 9.71. The van der Waals surface area contributed by atoms with Gasteiger partial charge in [-0.15, -0.1) is 0 Å². The van der Waals surface area contributed by atoms with E-state index in [1.807, 2.05) is 0 Å². The zero-order valence-electron chi connectivity index (χ0n) is 9.71. The molecule has 0 N–H and O–H groups in total. The number of rotatable bonds is 1. The van der Waals surface area contributed by atoms with Gasteiger partial charge in [0.25, 0.3) is 0 Å². The Kier molecular flexibility index (Phi) is 3.45. The van der Waals surface area contributed by atoms with Crippen LogP contribution in [0.4, 0.5) is 0 Å². The van der Waals surface area contributed by atoms with Crippen LogP contribution >= 0.6 is 0 Å². The molecule has 2 saturated heterocycles. The fraction of sp³-hybridized carbons (Fsp3) is 1.00. The van der Waals surface area contributed by atoms with E-state index in [-0.39, 0.29) is 0 Å². The summed E-state index contributed by atoms with van der Waals surface area (Å²) in [6.45, 7) is 8.90. The van der Waals surface area contributed by atoms with Crippen LogP contribution in [0.1, 0.15) is 26.2 Å². The summed E-state index contributed by atoms with van der Waals surface area (Å²) in [6.07, 6.45) is 4.35. The van der Waals surface area contributed by atoms with Gasteiger partial charge in [-0.2, -0.15) is 0 Å². The molecule has 0 aromatic carbocycles. The second-order valence-electron chi connectivity index (χ2n) is 5.11. The first-order valence-corrected chi connectivity index (χ1v) is 6.20. The first kappa shape index (κ1) is 10.4. The van der Waals surface area contributed by atoms with E-state index in [0.717, 1.165) is 11.8 Å². The Morgan fingerprint density at radius 3 is 2.71 bits per heavy atom. The Hall–Kier alpha value is -0.0800. The molecule has 82 valence electrons. The van der Waals surface area contributed by atoms with Gasteiger partial charge in [0, 0.05) is 13.1 Å². The van der Waals surface area contributed by atoms with E-state index in [9.17, 15) is 0 Å². The van der Waals surface area contributed by atoms with Crippen LogP contribution in [0.2, 0.25) is 0 Å². The molecule has 14 heavy (non-hydrogen) atoms. The minimum Gasteiger partial charge on any atom is -0.306 e. The number of nitrogens with zero attached hydrogens (tertiary/aromatic N) is 2. The molecule has 2 aliphatic rings. The summed E-state index contributed by atoms with van der Waals surface area (Å²) in [5.41, 5.74) is 0. The summed E-state index contributed by atoms with van der Waals surface area (Å²) in [6, 6.07) is 0. The van der Waals surface area contributed by atoms with Crippen LogP contribution in [0, 0.1) is 11.8 Å². The van der Waals surface area contributed by atoms with Gasteiger partial charge in [0.2, 0.25) is 0 Å². The maximum atomic E-state index is 2.64. The van der Waals surface area contributed by atoms with Crippen molar-refractivity contribution < 1.29 is 0 Å². The number of likely N-dealkylation sites (tertiary alicyclic amines) is 2. The van der Waals surface area contributed by atoms with Crippen molar-refractivity contribution >= 4 is 0 Å². The van der Waals surface area contributed by atoms with Crippen molar-refractivity contribution in [3.05, 3.63) is 0 Å². The molecular formula is C12H24N2. The molecule has 2 nitrogen and oxygen atoms in total. The fourth-order valence-electron chi connectivity index (χ4n) is 3.14. The standard InChI is InChI=1S/C12H24N2/c1-3-14-7-4-5-11-6-8-13(2)9-12(11)10-14/h11-12H,3-10H2,1-2H3. The molecule has 0 spiro atoms. The molecule has 0 amide bonds. The van der Waals surface area contributed by atoms with Crippen LogP contribution in [0.25, 0.3) is 0 Å². The lowest BCUT2D eigenvalue weighted by Gasteiger charge is -2.37. The van der Waals surface area contributed by atoms with Gasteiger partial charge >= 0.3 is 0 Å². The second kappa shape index (κ2) is 4.63. The van der Waals surface area contributed by atoms with Crippen LogP contribution in [0.5, 0.6) is 0 Å². The molecule has 0 aromatic rings. The molecule has 0 saturated carbocycles. The van der Waals surface area contributed by atoms with Crippen molar-refractivity contribution in [3.8, 4) is 0 Å². The van der Waals surface area contributed by atoms with Gasteiger partial charge in [0.15, 0.2) is 0 Å². The smallest absolute Gasteiger partial charge is 0.00244 e. The molecule has 2 aliphatic heterocycles. The molecule has 2 heteroatoms. The van der Waals surface area contributed by atoms with Crippen molar-refractivity contribution in [1.82, 2.24) is 9.80 Å². The van der Waals surface area contributed by atoms with E-state index in [4.69, 9.17) is 0 Å². The van der Waals surface area contributed by atoms with Crippen molar-refractivity contribution in [3.63, 3.8) is 0 Å². The normalized spacial score (nSPS) is 36.4. The number of fused-ring (bicyclic) bond motifs is 1. The Bertz CT molecular complexity index is 181. The van der Waals surface area contributed by atoms with E-state index in [2.05, 4.69) is 23.8 Å². The third kappa shape index (κ3) is 2.29. The van der Waals surface area contributed by atoms with Crippen LogP contribution in [0.15, 0.2) is 0 Å². The highest BCUT2D eigenvalue weighted by Gasteiger charge is 2.30. The fourth-order valence-corrected chi connectivity index (χ4v) is 3.14. The molecule has 0 aliphatic carbocycles. The minimum atomic E-state index is 0.955. The third-order valence-corrected chi connectivity index (χ3v) is 4.08. The first-order valence-electron chi connectivity index (χ1n) is 6.20. The monoisotopic (exact) mass is 196 g/mol. The van der Waals surface area contributed by atoms with Gasteiger partial charge in [-0.3, -0.25) is 0 Å². The van der Waals surface area contributed by atoms with Crippen molar-refractivity contribution in [2.45, 2.75) is 26.2 Å². The van der Waals surface area contributed by atoms with E-state index in [1.165, 1.54) is 52.0 Å². The highest BCUT2D eigenvalue weighted by Crippen LogP contribution is 2.30. The predicted molar refractivity (Wildman–Crippen MR) is 60.4 cm³/mol. The lowest BCUT2D eigenvalue weighted by molar-refractivity contribution is 0.120. The Balaban J connectivity index is 1.96. The van der Waals surface area contributed by atoms with Crippen molar-refractivity contribution in [2.24, 2.45) is 11.8 Å². The summed E-state index contributed by atoms with van der Waals surface area (Å²) < 4.78 is 0. The molecule has 2 unspecified atom stereocenters. The summed E-state index contributed by atoms with van der Waals surface area (Å²) in [5, 5.41) is 0. The molecule has 0 aromatic heterocycles. The maximum Gasteiger partial charge on any atom is 0.00244 e. The van der Waals surface area contributed by atoms with Gasteiger partial charge in [0.05, 0.1) is 0 Å². The van der Waals surface area contributed by atoms with Crippen molar-refractivity contribution in [2.75, 3.05) is 39.8 Å². The highest BCUT2D eigenvalue weighted by atomic mass is 15.2. The maximum absolute atomic E-state index is 2.64. The van der Waals surface area contributed by atoms with Crippen LogP contribution in [-0.2, 0) is 0 Å². The van der Waals surface area contributed by atoms with Gasteiger partial charge in [0.1, 0.15) is 0 Å². The number of hydrogen-bond donors (Lipinski definition) is 0.